The molecule has 2 aromatic rings. The lowest BCUT2D eigenvalue weighted by Gasteiger charge is -2.37. The fourth-order valence-corrected chi connectivity index (χ4v) is 4.91. The first-order valence-electron chi connectivity index (χ1n) is 11.2. The maximum Gasteiger partial charge on any atom is 0.410 e. The second kappa shape index (κ2) is 8.74. The number of amides is 1. The van der Waals surface area contributed by atoms with Gasteiger partial charge in [0.05, 0.1) is 5.41 Å². The van der Waals surface area contributed by atoms with E-state index in [9.17, 15) is 14.7 Å². The molecule has 5 heteroatoms. The number of carbonyl (C=O) groups is 2. The van der Waals surface area contributed by atoms with Crippen molar-refractivity contribution in [2.75, 3.05) is 13.2 Å². The van der Waals surface area contributed by atoms with Crippen LogP contribution in [0.2, 0.25) is 0 Å². The Balaban J connectivity index is 1.53. The minimum Gasteiger partial charge on any atom is -0.481 e. The quantitative estimate of drug-likeness (QED) is 0.651. The van der Waals surface area contributed by atoms with Crippen LogP contribution >= 0.6 is 0 Å². The average Bonchev–Trinajstić information content (AvgIpc) is 3.10. The molecule has 2 aromatic carbocycles. The van der Waals surface area contributed by atoms with Crippen molar-refractivity contribution in [3.05, 3.63) is 59.7 Å². The Bertz CT molecular complexity index is 916. The van der Waals surface area contributed by atoms with Crippen LogP contribution in [0.3, 0.4) is 0 Å². The van der Waals surface area contributed by atoms with Gasteiger partial charge < -0.3 is 14.7 Å². The molecule has 0 radical (unpaired) electrons. The Hall–Kier alpha value is -2.82. The first-order chi connectivity index (χ1) is 14.9. The van der Waals surface area contributed by atoms with Gasteiger partial charge in [0.1, 0.15) is 6.61 Å². The molecule has 0 unspecified atom stereocenters. The molecule has 2 aliphatic rings. The van der Waals surface area contributed by atoms with Gasteiger partial charge >= 0.3 is 12.1 Å². The summed E-state index contributed by atoms with van der Waals surface area (Å²) in [5.41, 5.74) is 3.70. The van der Waals surface area contributed by atoms with E-state index in [0.29, 0.717) is 0 Å². The van der Waals surface area contributed by atoms with Crippen molar-refractivity contribution in [2.24, 2.45) is 5.41 Å². The molecule has 1 fully saturated rings. The second-order valence-electron chi connectivity index (χ2n) is 9.41. The number of ether oxygens (including phenoxy) is 1. The summed E-state index contributed by atoms with van der Waals surface area (Å²) in [4.78, 5) is 26.6. The average molecular weight is 422 g/mol. The van der Waals surface area contributed by atoms with Crippen LogP contribution in [-0.4, -0.2) is 41.3 Å². The Morgan fingerprint density at radius 1 is 0.968 bits per heavy atom. The molecule has 164 valence electrons. The topological polar surface area (TPSA) is 66.8 Å². The highest BCUT2D eigenvalue weighted by molar-refractivity contribution is 5.79. The zero-order valence-electron chi connectivity index (χ0n) is 18.3. The molecule has 0 atom stereocenters. The van der Waals surface area contributed by atoms with E-state index in [4.69, 9.17) is 4.74 Å². The number of hydrogen-bond donors (Lipinski definition) is 1. The van der Waals surface area contributed by atoms with Gasteiger partial charge in [-0.2, -0.15) is 0 Å². The first-order valence-corrected chi connectivity index (χ1v) is 11.2. The van der Waals surface area contributed by atoms with Gasteiger partial charge in [-0.15, -0.1) is 0 Å². The summed E-state index contributed by atoms with van der Waals surface area (Å²) in [5.74, 6) is -0.906. The molecular weight excluding hydrogens is 390 g/mol. The van der Waals surface area contributed by atoms with Crippen molar-refractivity contribution < 1.29 is 19.4 Å². The van der Waals surface area contributed by atoms with Crippen molar-refractivity contribution in [3.63, 3.8) is 0 Å². The van der Waals surface area contributed by atoms with Crippen LogP contribution in [0.5, 0.6) is 0 Å². The Kier molecular flexibility index (Phi) is 6.03. The smallest absolute Gasteiger partial charge is 0.410 e. The van der Waals surface area contributed by atoms with Crippen molar-refractivity contribution in [1.29, 1.82) is 0 Å². The van der Waals surface area contributed by atoms with E-state index in [-0.39, 0.29) is 25.1 Å². The van der Waals surface area contributed by atoms with Crippen LogP contribution in [0.25, 0.3) is 11.1 Å². The predicted octanol–water partition coefficient (Wildman–Crippen LogP) is 5.68. The van der Waals surface area contributed by atoms with Crippen LogP contribution in [-0.2, 0) is 9.53 Å². The monoisotopic (exact) mass is 421 g/mol. The van der Waals surface area contributed by atoms with Crippen molar-refractivity contribution in [1.82, 2.24) is 4.90 Å². The SMILES string of the molecule is CC(C)(CN(C(=O)OCC1c2ccccc2-c2ccccc21)C1CCCCC1)C(=O)O. The maximum atomic E-state index is 13.2. The first kappa shape index (κ1) is 21.4. The summed E-state index contributed by atoms with van der Waals surface area (Å²) in [5, 5.41) is 9.61. The van der Waals surface area contributed by atoms with Crippen LogP contribution in [0.15, 0.2) is 48.5 Å². The van der Waals surface area contributed by atoms with Crippen LogP contribution in [0.4, 0.5) is 4.79 Å². The van der Waals surface area contributed by atoms with Crippen molar-refractivity contribution in [3.8, 4) is 11.1 Å². The van der Waals surface area contributed by atoms with Gasteiger partial charge in [0.15, 0.2) is 0 Å². The number of nitrogens with zero attached hydrogens (tertiary/aromatic N) is 1. The normalized spacial score (nSPS) is 16.5. The largest absolute Gasteiger partial charge is 0.481 e. The standard InChI is InChI=1S/C26H31NO4/c1-26(2,24(28)29)17-27(18-10-4-3-5-11-18)25(30)31-16-23-21-14-8-6-12-19(21)20-13-7-9-15-22(20)23/h6-9,12-15,18,23H,3-5,10-11,16-17H2,1-2H3,(H,28,29). The summed E-state index contributed by atoms with van der Waals surface area (Å²) in [6, 6.07) is 16.6. The summed E-state index contributed by atoms with van der Waals surface area (Å²) in [6.45, 7) is 3.75. The predicted molar refractivity (Wildman–Crippen MR) is 120 cm³/mol. The number of benzene rings is 2. The molecule has 4 rings (SSSR count). The van der Waals surface area contributed by atoms with E-state index >= 15 is 0 Å². The van der Waals surface area contributed by atoms with Crippen molar-refractivity contribution in [2.45, 2.75) is 57.9 Å². The molecule has 1 N–H and O–H groups in total. The van der Waals surface area contributed by atoms with Crippen LogP contribution in [0.1, 0.15) is 63.0 Å². The van der Waals surface area contributed by atoms with E-state index in [0.717, 1.165) is 32.1 Å². The highest BCUT2D eigenvalue weighted by atomic mass is 16.6. The molecule has 0 heterocycles. The van der Waals surface area contributed by atoms with E-state index in [1.807, 2.05) is 24.3 Å². The molecule has 0 aromatic heterocycles. The van der Waals surface area contributed by atoms with E-state index < -0.39 is 17.5 Å². The number of carboxylic acids is 1. The number of hydrogen-bond acceptors (Lipinski definition) is 3. The summed E-state index contributed by atoms with van der Waals surface area (Å²) < 4.78 is 5.87. The van der Waals surface area contributed by atoms with Gasteiger partial charge in [-0.1, -0.05) is 67.8 Å². The number of aliphatic carboxylic acids is 1. The second-order valence-corrected chi connectivity index (χ2v) is 9.41. The summed E-state index contributed by atoms with van der Waals surface area (Å²) >= 11 is 0. The molecular formula is C26H31NO4. The number of carboxylic acid groups (broad SMARTS) is 1. The third kappa shape index (κ3) is 4.32. The maximum absolute atomic E-state index is 13.2. The molecule has 2 aliphatic carbocycles. The third-order valence-corrected chi connectivity index (χ3v) is 6.73. The molecule has 1 saturated carbocycles. The Labute approximate surface area is 184 Å². The molecule has 31 heavy (non-hydrogen) atoms. The van der Waals surface area contributed by atoms with Crippen LogP contribution in [0, 0.1) is 5.41 Å². The Morgan fingerprint density at radius 3 is 2.06 bits per heavy atom. The summed E-state index contributed by atoms with van der Waals surface area (Å²) in [7, 11) is 0. The number of rotatable bonds is 6. The lowest BCUT2D eigenvalue weighted by atomic mass is 9.89. The molecule has 1 amide bonds. The van der Waals surface area contributed by atoms with E-state index in [2.05, 4.69) is 24.3 Å². The lowest BCUT2D eigenvalue weighted by Crippen LogP contribution is -2.48. The van der Waals surface area contributed by atoms with E-state index in [1.165, 1.54) is 22.3 Å². The van der Waals surface area contributed by atoms with Gasteiger partial charge in [-0.3, -0.25) is 4.79 Å². The number of carbonyl (C=O) groups excluding carboxylic acids is 1. The lowest BCUT2D eigenvalue weighted by molar-refractivity contribution is -0.148. The zero-order chi connectivity index (χ0) is 22.0. The Morgan fingerprint density at radius 2 is 1.52 bits per heavy atom. The van der Waals surface area contributed by atoms with Gasteiger partial charge in [0, 0.05) is 18.5 Å². The minimum atomic E-state index is -1.02. The van der Waals surface area contributed by atoms with E-state index in [1.54, 1.807) is 18.7 Å². The van der Waals surface area contributed by atoms with Gasteiger partial charge in [-0.25, -0.2) is 4.79 Å². The molecule has 0 aliphatic heterocycles. The summed E-state index contributed by atoms with van der Waals surface area (Å²) in [6.07, 6.45) is 4.69. The highest BCUT2D eigenvalue weighted by Crippen LogP contribution is 2.44. The van der Waals surface area contributed by atoms with Gasteiger partial charge in [0.2, 0.25) is 0 Å². The minimum absolute atomic E-state index is 0.00274. The zero-order valence-corrected chi connectivity index (χ0v) is 18.3. The molecule has 5 nitrogen and oxygen atoms in total. The molecule has 0 bridgehead atoms. The molecule has 0 saturated heterocycles. The highest BCUT2D eigenvalue weighted by Gasteiger charge is 2.37. The van der Waals surface area contributed by atoms with Gasteiger partial charge in [0.25, 0.3) is 0 Å². The number of fused-ring (bicyclic) bond motifs is 3. The fourth-order valence-electron chi connectivity index (χ4n) is 4.91. The van der Waals surface area contributed by atoms with Gasteiger partial charge in [-0.05, 0) is 48.9 Å². The fraction of sp³-hybridized carbons (Fsp3) is 0.462. The molecule has 0 spiro atoms. The van der Waals surface area contributed by atoms with Crippen LogP contribution < -0.4 is 0 Å². The van der Waals surface area contributed by atoms with Crippen molar-refractivity contribution >= 4 is 12.1 Å². The third-order valence-electron chi connectivity index (χ3n) is 6.73.